The molecule has 0 saturated heterocycles. The smallest absolute Gasteiger partial charge is 0.225 e. The lowest BCUT2D eigenvalue weighted by atomic mass is 9.95. The molecular formula is C18H27N3O. The summed E-state index contributed by atoms with van der Waals surface area (Å²) in [6.07, 6.45) is 2.24. The number of rotatable bonds is 5. The molecule has 0 aliphatic heterocycles. The molecule has 4 nitrogen and oxygen atoms in total. The lowest BCUT2D eigenvalue weighted by Crippen LogP contribution is -2.37. The maximum absolute atomic E-state index is 12.2. The van der Waals surface area contributed by atoms with E-state index >= 15 is 0 Å². The fraction of sp³-hybridized carbons (Fsp3) is 0.556. The van der Waals surface area contributed by atoms with E-state index in [9.17, 15) is 4.79 Å². The average Bonchev–Trinajstić information content (AvgIpc) is 2.82. The molecule has 1 heterocycles. The molecule has 2 rings (SSSR count). The van der Waals surface area contributed by atoms with Crippen LogP contribution in [0.25, 0.3) is 11.0 Å². The fourth-order valence-electron chi connectivity index (χ4n) is 2.45. The quantitative estimate of drug-likeness (QED) is 0.905. The Kier molecular flexibility index (Phi) is 4.89. The van der Waals surface area contributed by atoms with E-state index in [2.05, 4.69) is 22.9 Å². The number of aromatic nitrogens is 2. The highest BCUT2D eigenvalue weighted by atomic mass is 16.2. The van der Waals surface area contributed by atoms with Gasteiger partial charge in [-0.1, -0.05) is 46.2 Å². The van der Waals surface area contributed by atoms with Crippen LogP contribution in [0, 0.1) is 5.41 Å². The zero-order chi connectivity index (χ0) is 16.3. The number of imidazole rings is 1. The molecular weight excluding hydrogens is 274 g/mol. The molecule has 0 bridgehead atoms. The van der Waals surface area contributed by atoms with E-state index in [1.54, 1.807) is 0 Å². The van der Waals surface area contributed by atoms with Gasteiger partial charge in [0.25, 0.3) is 0 Å². The molecule has 1 atom stereocenters. The number of carbonyl (C=O) groups is 1. The van der Waals surface area contributed by atoms with Gasteiger partial charge in [-0.15, -0.1) is 0 Å². The minimum Gasteiger partial charge on any atom is -0.346 e. The third-order valence-corrected chi connectivity index (χ3v) is 3.84. The third-order valence-electron chi connectivity index (χ3n) is 3.84. The number of nitrogens with one attached hydrogen (secondary N) is 1. The van der Waals surface area contributed by atoms with Gasteiger partial charge >= 0.3 is 0 Å². The van der Waals surface area contributed by atoms with Crippen molar-refractivity contribution < 1.29 is 4.79 Å². The summed E-state index contributed by atoms with van der Waals surface area (Å²) >= 11 is 0. The van der Waals surface area contributed by atoms with Gasteiger partial charge in [0.05, 0.1) is 17.1 Å². The van der Waals surface area contributed by atoms with Gasteiger partial charge < -0.3 is 9.88 Å². The van der Waals surface area contributed by atoms with Gasteiger partial charge in [0, 0.05) is 12.0 Å². The van der Waals surface area contributed by atoms with Crippen LogP contribution in [-0.4, -0.2) is 15.5 Å². The Hall–Kier alpha value is -1.84. The summed E-state index contributed by atoms with van der Waals surface area (Å²) in [6.45, 7) is 10.9. The van der Waals surface area contributed by atoms with Crippen molar-refractivity contribution >= 4 is 16.9 Å². The minimum absolute atomic E-state index is 0.0501. The molecule has 0 fully saturated rings. The van der Waals surface area contributed by atoms with Gasteiger partial charge in [0.15, 0.2) is 0 Å². The van der Waals surface area contributed by atoms with Crippen molar-refractivity contribution in [1.29, 1.82) is 0 Å². The number of carbonyl (C=O) groups excluding carboxylic acids is 1. The fourth-order valence-corrected chi connectivity index (χ4v) is 2.45. The Morgan fingerprint density at radius 2 is 2.00 bits per heavy atom. The number of nitrogens with zero attached hydrogens (tertiary/aromatic N) is 2. The summed E-state index contributed by atoms with van der Waals surface area (Å²) in [4.78, 5) is 17.0. The molecule has 120 valence electrons. The van der Waals surface area contributed by atoms with Crippen molar-refractivity contribution in [3.05, 3.63) is 30.1 Å². The predicted octanol–water partition coefficient (Wildman–Crippen LogP) is 4.06. The molecule has 22 heavy (non-hydrogen) atoms. The second-order valence-corrected chi connectivity index (χ2v) is 6.91. The SMILES string of the molecule is CCCCn1c(C(C)NC(=O)C(C)(C)C)nc2ccccc21. The van der Waals surface area contributed by atoms with Crippen molar-refractivity contribution in [2.24, 2.45) is 5.41 Å². The lowest BCUT2D eigenvalue weighted by molar-refractivity contribution is -0.129. The van der Waals surface area contributed by atoms with Crippen LogP contribution < -0.4 is 5.32 Å². The first-order valence-electron chi connectivity index (χ1n) is 8.10. The molecule has 0 radical (unpaired) electrons. The van der Waals surface area contributed by atoms with E-state index in [0.29, 0.717) is 0 Å². The van der Waals surface area contributed by atoms with Crippen LogP contribution in [0.4, 0.5) is 0 Å². The Balaban J connectivity index is 2.34. The molecule has 0 aliphatic rings. The summed E-state index contributed by atoms with van der Waals surface area (Å²) in [5, 5.41) is 3.09. The summed E-state index contributed by atoms with van der Waals surface area (Å²) in [7, 11) is 0. The van der Waals surface area contributed by atoms with Crippen LogP contribution in [0.15, 0.2) is 24.3 Å². The van der Waals surface area contributed by atoms with Crippen molar-refractivity contribution in [3.63, 3.8) is 0 Å². The number of amides is 1. The van der Waals surface area contributed by atoms with Gasteiger partial charge in [-0.2, -0.15) is 0 Å². The van der Waals surface area contributed by atoms with E-state index in [4.69, 9.17) is 4.98 Å². The van der Waals surface area contributed by atoms with E-state index < -0.39 is 5.41 Å². The van der Waals surface area contributed by atoms with Crippen molar-refractivity contribution in [2.45, 2.75) is 60.0 Å². The highest BCUT2D eigenvalue weighted by Crippen LogP contribution is 2.23. The summed E-state index contributed by atoms with van der Waals surface area (Å²) < 4.78 is 2.24. The zero-order valence-corrected chi connectivity index (χ0v) is 14.3. The summed E-state index contributed by atoms with van der Waals surface area (Å²) in [6, 6.07) is 8.06. The second kappa shape index (κ2) is 6.51. The van der Waals surface area contributed by atoms with E-state index in [1.807, 2.05) is 45.9 Å². The molecule has 0 aliphatic carbocycles. The Labute approximate surface area is 132 Å². The van der Waals surface area contributed by atoms with Crippen LogP contribution in [0.3, 0.4) is 0 Å². The van der Waals surface area contributed by atoms with Gasteiger partial charge in [-0.25, -0.2) is 4.98 Å². The first-order chi connectivity index (χ1) is 10.3. The molecule has 0 spiro atoms. The largest absolute Gasteiger partial charge is 0.346 e. The Morgan fingerprint density at radius 1 is 1.32 bits per heavy atom. The van der Waals surface area contributed by atoms with Gasteiger partial charge in [0.1, 0.15) is 5.82 Å². The molecule has 1 N–H and O–H groups in total. The first-order valence-corrected chi connectivity index (χ1v) is 8.10. The molecule has 1 aromatic heterocycles. The van der Waals surface area contributed by atoms with Crippen LogP contribution in [0.1, 0.15) is 59.3 Å². The van der Waals surface area contributed by atoms with Crippen molar-refractivity contribution in [1.82, 2.24) is 14.9 Å². The van der Waals surface area contributed by atoms with Crippen molar-refractivity contribution in [3.8, 4) is 0 Å². The minimum atomic E-state index is -0.394. The number of para-hydroxylation sites is 2. The van der Waals surface area contributed by atoms with Crippen LogP contribution >= 0.6 is 0 Å². The molecule has 4 heteroatoms. The molecule has 2 aromatic rings. The highest BCUT2D eigenvalue weighted by molar-refractivity contribution is 5.82. The lowest BCUT2D eigenvalue weighted by Gasteiger charge is -2.22. The number of hydrogen-bond donors (Lipinski definition) is 1. The number of unbranched alkanes of at least 4 members (excludes halogenated alkanes) is 1. The molecule has 1 aromatic carbocycles. The number of fused-ring (bicyclic) bond motifs is 1. The first kappa shape index (κ1) is 16.5. The standard InChI is InChI=1S/C18H27N3O/c1-6-7-12-21-15-11-9-8-10-14(15)20-16(21)13(2)19-17(22)18(3,4)5/h8-11,13H,6-7,12H2,1-5H3,(H,19,22). The van der Waals surface area contributed by atoms with E-state index in [0.717, 1.165) is 36.2 Å². The number of benzene rings is 1. The number of hydrogen-bond acceptors (Lipinski definition) is 2. The van der Waals surface area contributed by atoms with Gasteiger partial charge in [0.2, 0.25) is 5.91 Å². The number of aryl methyl sites for hydroxylation is 1. The Bertz CT molecular complexity index is 652. The average molecular weight is 301 g/mol. The normalized spacial score (nSPS) is 13.3. The van der Waals surface area contributed by atoms with Gasteiger partial charge in [-0.3, -0.25) is 4.79 Å². The molecule has 1 amide bonds. The molecule has 1 unspecified atom stereocenters. The maximum atomic E-state index is 12.2. The third kappa shape index (κ3) is 3.49. The topological polar surface area (TPSA) is 46.9 Å². The van der Waals surface area contributed by atoms with Crippen LogP contribution in [-0.2, 0) is 11.3 Å². The van der Waals surface area contributed by atoms with E-state index in [-0.39, 0.29) is 11.9 Å². The van der Waals surface area contributed by atoms with E-state index in [1.165, 1.54) is 0 Å². The monoisotopic (exact) mass is 301 g/mol. The zero-order valence-electron chi connectivity index (χ0n) is 14.3. The predicted molar refractivity (Wildman–Crippen MR) is 90.7 cm³/mol. The second-order valence-electron chi connectivity index (χ2n) is 6.91. The summed E-state index contributed by atoms with van der Waals surface area (Å²) in [5.41, 5.74) is 1.74. The highest BCUT2D eigenvalue weighted by Gasteiger charge is 2.25. The van der Waals surface area contributed by atoms with Crippen LogP contribution in [0.5, 0.6) is 0 Å². The van der Waals surface area contributed by atoms with Crippen molar-refractivity contribution in [2.75, 3.05) is 0 Å². The van der Waals surface area contributed by atoms with Crippen LogP contribution in [0.2, 0.25) is 0 Å². The maximum Gasteiger partial charge on any atom is 0.225 e. The van der Waals surface area contributed by atoms with Gasteiger partial charge in [-0.05, 0) is 25.5 Å². The summed E-state index contributed by atoms with van der Waals surface area (Å²) in [5.74, 6) is 0.987. The Morgan fingerprint density at radius 3 is 2.64 bits per heavy atom. The molecule has 0 saturated carbocycles.